The van der Waals surface area contributed by atoms with Crippen LogP contribution in [0, 0.1) is 0 Å². The lowest BCUT2D eigenvalue weighted by molar-refractivity contribution is 0.140. The maximum absolute atomic E-state index is 11.4. The fourth-order valence-corrected chi connectivity index (χ4v) is 1.52. The third kappa shape index (κ3) is 1.58. The van der Waals surface area contributed by atoms with E-state index in [1.807, 2.05) is 31.6 Å². The van der Waals surface area contributed by atoms with Crippen molar-refractivity contribution in [1.82, 2.24) is 9.99 Å². The van der Waals surface area contributed by atoms with Crippen molar-refractivity contribution in [2.24, 2.45) is 0 Å². The molecule has 2 rings (SSSR count). The molecule has 1 aromatic heterocycles. The third-order valence-corrected chi connectivity index (χ3v) is 2.15. The predicted octanol–water partition coefficient (Wildman–Crippen LogP) is 0.164. The number of likely N-dealkylation sites (N-methyl/N-ethyl adjacent to an activating group) is 1. The van der Waals surface area contributed by atoms with Crippen molar-refractivity contribution in [2.75, 3.05) is 25.1 Å². The maximum atomic E-state index is 11.4. The number of carbonyl (C=O) groups is 1. The van der Waals surface area contributed by atoms with Gasteiger partial charge in [0.2, 0.25) is 0 Å². The van der Waals surface area contributed by atoms with E-state index in [0.29, 0.717) is 13.1 Å². The van der Waals surface area contributed by atoms with E-state index < -0.39 is 0 Å². The minimum atomic E-state index is -0.290. The quantitative estimate of drug-likeness (QED) is 0.747. The first-order valence-corrected chi connectivity index (χ1v) is 4.57. The highest BCUT2D eigenvalue weighted by Crippen LogP contribution is 2.09. The van der Waals surface area contributed by atoms with Crippen molar-refractivity contribution in [3.63, 3.8) is 0 Å². The molecule has 76 valence electrons. The molecule has 1 aliphatic heterocycles. The lowest BCUT2D eigenvalue weighted by Gasteiger charge is -2.13. The van der Waals surface area contributed by atoms with Gasteiger partial charge in [-0.15, -0.1) is 0 Å². The van der Waals surface area contributed by atoms with Gasteiger partial charge in [0.15, 0.2) is 0 Å². The first-order chi connectivity index (χ1) is 6.81. The Balaban J connectivity index is 2.05. The SMILES string of the molecule is CNC[C@H]1CN(n2cccc2)C(=O)O1. The summed E-state index contributed by atoms with van der Waals surface area (Å²) in [5.74, 6) is 0. The predicted molar refractivity (Wildman–Crippen MR) is 51.7 cm³/mol. The lowest BCUT2D eigenvalue weighted by Crippen LogP contribution is -2.36. The van der Waals surface area contributed by atoms with Crippen LogP contribution in [0.15, 0.2) is 24.5 Å². The van der Waals surface area contributed by atoms with Crippen molar-refractivity contribution >= 4 is 6.09 Å². The zero-order valence-electron chi connectivity index (χ0n) is 8.01. The molecule has 0 saturated carbocycles. The average molecular weight is 195 g/mol. The molecular weight excluding hydrogens is 182 g/mol. The molecule has 0 radical (unpaired) electrons. The molecule has 1 amide bonds. The van der Waals surface area contributed by atoms with Gasteiger partial charge in [-0.25, -0.2) is 9.80 Å². The fourth-order valence-electron chi connectivity index (χ4n) is 1.52. The minimum absolute atomic E-state index is 0.0603. The molecule has 1 aromatic rings. The molecule has 2 heterocycles. The summed E-state index contributed by atoms with van der Waals surface area (Å²) >= 11 is 0. The van der Waals surface area contributed by atoms with Crippen LogP contribution < -0.4 is 10.3 Å². The van der Waals surface area contributed by atoms with Gasteiger partial charge in [0.05, 0.1) is 6.54 Å². The first-order valence-electron chi connectivity index (χ1n) is 4.57. The second-order valence-corrected chi connectivity index (χ2v) is 3.21. The maximum Gasteiger partial charge on any atom is 0.429 e. The molecule has 1 aliphatic rings. The normalized spacial score (nSPS) is 21.4. The summed E-state index contributed by atoms with van der Waals surface area (Å²) < 4.78 is 6.88. The van der Waals surface area contributed by atoms with Gasteiger partial charge in [0, 0.05) is 18.9 Å². The van der Waals surface area contributed by atoms with E-state index in [1.165, 1.54) is 0 Å². The summed E-state index contributed by atoms with van der Waals surface area (Å²) in [5.41, 5.74) is 0. The third-order valence-electron chi connectivity index (χ3n) is 2.15. The zero-order chi connectivity index (χ0) is 9.97. The molecule has 0 aliphatic carbocycles. The van der Waals surface area contributed by atoms with Gasteiger partial charge in [-0.1, -0.05) is 0 Å². The van der Waals surface area contributed by atoms with Crippen molar-refractivity contribution in [3.8, 4) is 0 Å². The molecule has 0 spiro atoms. The van der Waals surface area contributed by atoms with Gasteiger partial charge >= 0.3 is 6.09 Å². The number of hydrogen-bond acceptors (Lipinski definition) is 3. The number of cyclic esters (lactones) is 1. The van der Waals surface area contributed by atoms with Crippen LogP contribution in [0.1, 0.15) is 0 Å². The van der Waals surface area contributed by atoms with Crippen LogP contribution in [0.3, 0.4) is 0 Å². The number of nitrogens with zero attached hydrogens (tertiary/aromatic N) is 2. The molecule has 5 nitrogen and oxygen atoms in total. The molecule has 1 N–H and O–H groups in total. The Morgan fingerprint density at radius 2 is 2.29 bits per heavy atom. The molecular formula is C9H13N3O2. The van der Waals surface area contributed by atoms with Gasteiger partial charge in [-0.2, -0.15) is 0 Å². The summed E-state index contributed by atoms with van der Waals surface area (Å²) in [6.07, 6.45) is 3.29. The van der Waals surface area contributed by atoms with E-state index in [4.69, 9.17) is 4.74 Å². The van der Waals surface area contributed by atoms with Crippen LogP contribution in [-0.2, 0) is 4.74 Å². The molecule has 1 atom stereocenters. The van der Waals surface area contributed by atoms with E-state index in [9.17, 15) is 4.79 Å². The van der Waals surface area contributed by atoms with Crippen LogP contribution >= 0.6 is 0 Å². The van der Waals surface area contributed by atoms with Crippen LogP contribution in [-0.4, -0.2) is 37.0 Å². The van der Waals surface area contributed by atoms with Gasteiger partial charge in [-0.05, 0) is 19.2 Å². The summed E-state index contributed by atoms with van der Waals surface area (Å²) in [6.45, 7) is 1.28. The summed E-state index contributed by atoms with van der Waals surface area (Å²) in [6, 6.07) is 3.75. The topological polar surface area (TPSA) is 46.5 Å². The Kier molecular flexibility index (Phi) is 2.41. The second-order valence-electron chi connectivity index (χ2n) is 3.21. The van der Waals surface area contributed by atoms with Crippen LogP contribution in [0.2, 0.25) is 0 Å². The lowest BCUT2D eigenvalue weighted by atomic mass is 10.3. The fraction of sp³-hybridized carbons (Fsp3) is 0.444. The van der Waals surface area contributed by atoms with Crippen molar-refractivity contribution in [1.29, 1.82) is 0 Å². The molecule has 0 bridgehead atoms. The van der Waals surface area contributed by atoms with E-state index in [2.05, 4.69) is 5.32 Å². The summed E-state index contributed by atoms with van der Waals surface area (Å²) in [7, 11) is 1.84. The van der Waals surface area contributed by atoms with Gasteiger partial charge in [0.25, 0.3) is 0 Å². The summed E-state index contributed by atoms with van der Waals surface area (Å²) in [4.78, 5) is 11.4. The van der Waals surface area contributed by atoms with Crippen LogP contribution in [0.25, 0.3) is 0 Å². The van der Waals surface area contributed by atoms with E-state index in [-0.39, 0.29) is 12.2 Å². The molecule has 5 heteroatoms. The van der Waals surface area contributed by atoms with Gasteiger partial charge in [0.1, 0.15) is 6.10 Å². The molecule has 0 unspecified atom stereocenters. The first kappa shape index (κ1) is 9.08. The Morgan fingerprint density at radius 3 is 2.93 bits per heavy atom. The molecule has 1 saturated heterocycles. The number of rotatable bonds is 3. The van der Waals surface area contributed by atoms with E-state index >= 15 is 0 Å². The number of ether oxygens (including phenoxy) is 1. The Labute approximate surface area is 82.2 Å². The Hall–Kier alpha value is -1.49. The summed E-state index contributed by atoms with van der Waals surface area (Å²) in [5, 5.41) is 4.55. The Bertz CT molecular complexity index is 310. The van der Waals surface area contributed by atoms with E-state index in [1.54, 1.807) is 9.69 Å². The van der Waals surface area contributed by atoms with Crippen molar-refractivity contribution < 1.29 is 9.53 Å². The average Bonchev–Trinajstić information content (AvgIpc) is 2.74. The van der Waals surface area contributed by atoms with Crippen LogP contribution in [0.4, 0.5) is 4.79 Å². The number of carbonyl (C=O) groups excluding carboxylic acids is 1. The monoisotopic (exact) mass is 195 g/mol. The smallest absolute Gasteiger partial charge is 0.429 e. The van der Waals surface area contributed by atoms with Gasteiger partial charge in [-0.3, -0.25) is 4.68 Å². The van der Waals surface area contributed by atoms with Gasteiger partial charge < -0.3 is 10.1 Å². The highest BCUT2D eigenvalue weighted by molar-refractivity contribution is 5.80. The van der Waals surface area contributed by atoms with Crippen molar-refractivity contribution in [2.45, 2.75) is 6.10 Å². The largest absolute Gasteiger partial charge is 0.442 e. The highest BCUT2D eigenvalue weighted by atomic mass is 16.6. The number of amides is 1. The van der Waals surface area contributed by atoms with Crippen LogP contribution in [0.5, 0.6) is 0 Å². The number of nitrogens with one attached hydrogen (secondary N) is 1. The number of aromatic nitrogens is 1. The minimum Gasteiger partial charge on any atom is -0.442 e. The molecule has 0 aromatic carbocycles. The molecule has 1 fully saturated rings. The highest BCUT2D eigenvalue weighted by Gasteiger charge is 2.31. The zero-order valence-corrected chi connectivity index (χ0v) is 8.01. The molecule has 14 heavy (non-hydrogen) atoms. The second kappa shape index (κ2) is 3.71. The van der Waals surface area contributed by atoms with E-state index in [0.717, 1.165) is 0 Å². The Morgan fingerprint density at radius 1 is 1.57 bits per heavy atom. The number of hydrogen-bond donors (Lipinski definition) is 1. The standard InChI is InChI=1S/C9H13N3O2/c1-10-6-8-7-12(9(13)14-8)11-4-2-3-5-11/h2-5,8,10H,6-7H2,1H3/t8-/m0/s1. The van der Waals surface area contributed by atoms with Crippen molar-refractivity contribution in [3.05, 3.63) is 24.5 Å².